The van der Waals surface area contributed by atoms with E-state index in [9.17, 15) is 9.18 Å². The number of Topliss-reactive ketones (excluding diaryl/α,β-unsaturated/α-hetero) is 1. The highest BCUT2D eigenvalue weighted by Crippen LogP contribution is 2.46. The fraction of sp³-hybridized carbons (Fsp3) is 0.533. The molecule has 0 radical (unpaired) electrons. The predicted octanol–water partition coefficient (Wildman–Crippen LogP) is 3.69. The van der Waals surface area contributed by atoms with E-state index >= 15 is 0 Å². The van der Waals surface area contributed by atoms with Gasteiger partial charge in [0, 0.05) is 5.75 Å². The lowest BCUT2D eigenvalue weighted by atomic mass is 9.77. The zero-order valence-corrected chi connectivity index (χ0v) is 12.0. The van der Waals surface area contributed by atoms with E-state index in [2.05, 4.69) is 13.8 Å². The number of ketones is 1. The molecule has 2 aliphatic rings. The minimum absolute atomic E-state index is 0.000880. The van der Waals surface area contributed by atoms with Crippen LogP contribution in [-0.2, 0) is 0 Å². The monoisotopic (exact) mass is 280 g/mol. The highest BCUT2D eigenvalue weighted by atomic mass is 32.2. The molecule has 0 N–H and O–H groups in total. The van der Waals surface area contributed by atoms with Crippen molar-refractivity contribution in [3.63, 3.8) is 0 Å². The Morgan fingerprint density at radius 1 is 1.32 bits per heavy atom. The van der Waals surface area contributed by atoms with Crippen molar-refractivity contribution in [3.05, 3.63) is 29.6 Å². The molecule has 1 aromatic rings. The number of ether oxygens (including phenoxy) is 1. The van der Waals surface area contributed by atoms with Crippen LogP contribution < -0.4 is 4.74 Å². The summed E-state index contributed by atoms with van der Waals surface area (Å²) in [6, 6.07) is 4.22. The third-order valence-corrected chi connectivity index (χ3v) is 5.43. The molecular formula is C15H17FO2S. The Hall–Kier alpha value is -1.03. The Labute approximate surface area is 116 Å². The van der Waals surface area contributed by atoms with Gasteiger partial charge < -0.3 is 4.74 Å². The van der Waals surface area contributed by atoms with Crippen molar-refractivity contribution in [3.8, 4) is 5.75 Å². The van der Waals surface area contributed by atoms with Crippen LogP contribution >= 0.6 is 11.8 Å². The van der Waals surface area contributed by atoms with Gasteiger partial charge in [0.2, 0.25) is 0 Å². The molecular weight excluding hydrogens is 263 g/mol. The fourth-order valence-corrected chi connectivity index (χ4v) is 4.52. The Bertz CT molecular complexity index is 541. The molecule has 2 heterocycles. The molecule has 1 atom stereocenters. The normalized spacial score (nSPS) is 28.9. The number of benzene rings is 1. The molecule has 19 heavy (non-hydrogen) atoms. The molecule has 0 amide bonds. The maximum Gasteiger partial charge on any atom is 0.170 e. The lowest BCUT2D eigenvalue weighted by Gasteiger charge is -2.46. The molecule has 102 valence electrons. The summed E-state index contributed by atoms with van der Waals surface area (Å²) in [7, 11) is 0. The van der Waals surface area contributed by atoms with Gasteiger partial charge in [0.05, 0.1) is 12.0 Å². The predicted molar refractivity (Wildman–Crippen MR) is 74.4 cm³/mol. The molecule has 1 unspecified atom stereocenters. The van der Waals surface area contributed by atoms with Gasteiger partial charge in [0.15, 0.2) is 5.78 Å². The first-order valence-electron chi connectivity index (χ1n) is 6.49. The Morgan fingerprint density at radius 3 is 2.84 bits per heavy atom. The topological polar surface area (TPSA) is 26.3 Å². The summed E-state index contributed by atoms with van der Waals surface area (Å²) in [6.07, 6.45) is 1.23. The summed E-state index contributed by atoms with van der Waals surface area (Å²) < 4.78 is 19.3. The smallest absolute Gasteiger partial charge is 0.170 e. The molecule has 1 aromatic carbocycles. The first-order chi connectivity index (χ1) is 8.89. The third-order valence-electron chi connectivity index (χ3n) is 3.71. The van der Waals surface area contributed by atoms with E-state index < -0.39 is 5.60 Å². The van der Waals surface area contributed by atoms with Gasteiger partial charge in [0.25, 0.3) is 0 Å². The number of rotatable bonds is 0. The minimum Gasteiger partial charge on any atom is -0.485 e. The lowest BCUT2D eigenvalue weighted by Crippen LogP contribution is -2.50. The van der Waals surface area contributed by atoms with Gasteiger partial charge in [-0.2, -0.15) is 11.8 Å². The average Bonchev–Trinajstić information content (AvgIpc) is 2.29. The number of halogens is 1. The van der Waals surface area contributed by atoms with E-state index in [1.54, 1.807) is 6.07 Å². The second kappa shape index (κ2) is 4.23. The Kier molecular flexibility index (Phi) is 2.89. The zero-order chi connectivity index (χ0) is 13.7. The van der Waals surface area contributed by atoms with Gasteiger partial charge in [0.1, 0.15) is 17.2 Å². The highest BCUT2D eigenvalue weighted by Gasteiger charge is 2.47. The molecule has 3 rings (SSSR count). The van der Waals surface area contributed by atoms with Gasteiger partial charge in [-0.25, -0.2) is 4.39 Å². The second-order valence-corrected chi connectivity index (χ2v) is 7.34. The maximum atomic E-state index is 13.2. The van der Waals surface area contributed by atoms with Crippen LogP contribution in [0.1, 0.15) is 37.0 Å². The van der Waals surface area contributed by atoms with Gasteiger partial charge in [-0.3, -0.25) is 4.79 Å². The van der Waals surface area contributed by atoms with Gasteiger partial charge in [-0.1, -0.05) is 13.8 Å². The van der Waals surface area contributed by atoms with E-state index in [-0.39, 0.29) is 17.0 Å². The largest absolute Gasteiger partial charge is 0.485 e. The SMILES string of the molecule is CC1(C)CSCC2(CC(=O)c3cc(F)ccc3O2)C1. The molecule has 0 saturated carbocycles. The summed E-state index contributed by atoms with van der Waals surface area (Å²) in [5.74, 6) is 2.07. The molecule has 0 bridgehead atoms. The van der Waals surface area contributed by atoms with E-state index in [0.29, 0.717) is 17.7 Å². The lowest BCUT2D eigenvalue weighted by molar-refractivity contribution is 0.0255. The first kappa shape index (κ1) is 13.0. The molecule has 0 aliphatic carbocycles. The van der Waals surface area contributed by atoms with Crippen LogP contribution in [0.4, 0.5) is 4.39 Å². The van der Waals surface area contributed by atoms with Crippen molar-refractivity contribution >= 4 is 17.5 Å². The number of hydrogen-bond donors (Lipinski definition) is 0. The molecule has 0 aromatic heterocycles. The number of fused-ring (bicyclic) bond motifs is 1. The van der Waals surface area contributed by atoms with Crippen LogP contribution in [0.5, 0.6) is 5.75 Å². The fourth-order valence-electron chi connectivity index (χ4n) is 3.13. The zero-order valence-electron chi connectivity index (χ0n) is 11.2. The van der Waals surface area contributed by atoms with E-state index in [0.717, 1.165) is 17.9 Å². The van der Waals surface area contributed by atoms with Crippen LogP contribution in [-0.4, -0.2) is 22.9 Å². The maximum absolute atomic E-state index is 13.2. The van der Waals surface area contributed by atoms with Gasteiger partial charge in [-0.05, 0) is 35.8 Å². The van der Waals surface area contributed by atoms with Crippen molar-refractivity contribution in [1.82, 2.24) is 0 Å². The van der Waals surface area contributed by atoms with Crippen LogP contribution in [0, 0.1) is 11.2 Å². The van der Waals surface area contributed by atoms with Crippen molar-refractivity contribution in [2.45, 2.75) is 32.3 Å². The summed E-state index contributed by atoms with van der Waals surface area (Å²) in [6.45, 7) is 4.41. The number of thioether (sulfide) groups is 1. The first-order valence-corrected chi connectivity index (χ1v) is 7.64. The molecule has 4 heteroatoms. The van der Waals surface area contributed by atoms with Crippen molar-refractivity contribution in [2.24, 2.45) is 5.41 Å². The van der Waals surface area contributed by atoms with Crippen molar-refractivity contribution < 1.29 is 13.9 Å². The van der Waals surface area contributed by atoms with E-state index in [4.69, 9.17) is 4.74 Å². The second-order valence-electron chi connectivity index (χ2n) is 6.36. The Morgan fingerprint density at radius 2 is 2.11 bits per heavy atom. The van der Waals surface area contributed by atoms with Crippen molar-refractivity contribution in [2.75, 3.05) is 11.5 Å². The number of carbonyl (C=O) groups excluding carboxylic acids is 1. The standard InChI is InChI=1S/C15H17FO2S/c1-14(2)7-15(9-19-8-14)6-12(17)11-5-10(16)3-4-13(11)18-15/h3-5H,6-9H2,1-2H3. The molecule has 2 aliphatic heterocycles. The van der Waals surface area contributed by atoms with Gasteiger partial charge >= 0.3 is 0 Å². The quantitative estimate of drug-likeness (QED) is 0.725. The summed E-state index contributed by atoms with van der Waals surface area (Å²) in [5, 5.41) is 0. The van der Waals surface area contributed by atoms with Crippen LogP contribution in [0.2, 0.25) is 0 Å². The van der Waals surface area contributed by atoms with E-state index in [1.165, 1.54) is 12.1 Å². The molecule has 1 fully saturated rings. The van der Waals surface area contributed by atoms with Crippen LogP contribution in [0.3, 0.4) is 0 Å². The third kappa shape index (κ3) is 2.38. The summed E-state index contributed by atoms with van der Waals surface area (Å²) >= 11 is 1.84. The van der Waals surface area contributed by atoms with Crippen molar-refractivity contribution in [1.29, 1.82) is 0 Å². The number of carbonyl (C=O) groups is 1. The summed E-state index contributed by atoms with van der Waals surface area (Å²) in [4.78, 5) is 12.3. The number of hydrogen-bond acceptors (Lipinski definition) is 3. The molecule has 1 spiro atoms. The summed E-state index contributed by atoms with van der Waals surface area (Å²) in [5.41, 5.74) is 0.147. The Balaban J connectivity index is 1.96. The molecule has 1 saturated heterocycles. The minimum atomic E-state index is -0.408. The van der Waals surface area contributed by atoms with Gasteiger partial charge in [-0.15, -0.1) is 0 Å². The van der Waals surface area contributed by atoms with E-state index in [1.807, 2.05) is 11.8 Å². The van der Waals surface area contributed by atoms with Crippen LogP contribution in [0.15, 0.2) is 18.2 Å². The molecule has 2 nitrogen and oxygen atoms in total. The highest BCUT2D eigenvalue weighted by molar-refractivity contribution is 7.99. The van der Waals surface area contributed by atoms with Crippen LogP contribution in [0.25, 0.3) is 0 Å². The average molecular weight is 280 g/mol.